The van der Waals surface area contributed by atoms with E-state index in [1.54, 1.807) is 6.07 Å². The van der Waals surface area contributed by atoms with Crippen LogP contribution in [0.25, 0.3) is 33.2 Å². The molecule has 2 heterocycles. The van der Waals surface area contributed by atoms with Gasteiger partial charge in [0.2, 0.25) is 5.69 Å². The number of fused-ring (bicyclic) bond motifs is 3. The molecule has 0 fully saturated rings. The number of nitrogens with zero attached hydrogens (tertiary/aromatic N) is 1. The molecule has 0 radical (unpaired) electrons. The molecule has 126 valence electrons. The van der Waals surface area contributed by atoms with Gasteiger partial charge in [-0.25, -0.2) is 8.96 Å². The third-order valence-electron chi connectivity index (χ3n) is 4.88. The molecule has 0 amide bonds. The summed E-state index contributed by atoms with van der Waals surface area (Å²) in [5.74, 6) is -0.135. The zero-order valence-electron chi connectivity index (χ0n) is 14.9. The van der Waals surface area contributed by atoms with Crippen LogP contribution < -0.4 is 4.57 Å². The van der Waals surface area contributed by atoms with Crippen molar-refractivity contribution in [1.29, 1.82) is 0 Å². The van der Waals surface area contributed by atoms with Crippen LogP contribution >= 0.6 is 0 Å². The van der Waals surface area contributed by atoms with Gasteiger partial charge in [-0.2, -0.15) is 0 Å². The molecule has 0 bridgehead atoms. The highest BCUT2D eigenvalue weighted by Crippen LogP contribution is 2.37. The van der Waals surface area contributed by atoms with Crippen LogP contribution in [0.5, 0.6) is 0 Å². The van der Waals surface area contributed by atoms with E-state index >= 15 is 0 Å². The van der Waals surface area contributed by atoms with Crippen LogP contribution in [0, 0.1) is 12.7 Å². The topological polar surface area (TPSA) is 17.0 Å². The number of pyridine rings is 1. The van der Waals surface area contributed by atoms with Crippen LogP contribution in [-0.2, 0) is 7.05 Å². The maximum Gasteiger partial charge on any atom is 0.212 e. The molecule has 3 heteroatoms. The van der Waals surface area contributed by atoms with E-state index in [-0.39, 0.29) is 11.7 Å². The second-order valence-electron chi connectivity index (χ2n) is 6.95. The summed E-state index contributed by atoms with van der Waals surface area (Å²) in [5.41, 5.74) is 5.54. The van der Waals surface area contributed by atoms with Gasteiger partial charge in [0, 0.05) is 28.5 Å². The first-order chi connectivity index (χ1) is 12.0. The predicted molar refractivity (Wildman–Crippen MR) is 99.1 cm³/mol. The molecule has 0 aliphatic rings. The first-order valence-electron chi connectivity index (χ1n) is 8.57. The first kappa shape index (κ1) is 15.8. The maximum absolute atomic E-state index is 14.3. The van der Waals surface area contributed by atoms with Crippen LogP contribution in [-0.4, -0.2) is 0 Å². The molecule has 25 heavy (non-hydrogen) atoms. The second-order valence-corrected chi connectivity index (χ2v) is 6.95. The van der Waals surface area contributed by atoms with Gasteiger partial charge in [0.25, 0.3) is 0 Å². The lowest BCUT2D eigenvalue weighted by Crippen LogP contribution is -2.30. The van der Waals surface area contributed by atoms with E-state index in [2.05, 4.69) is 29.7 Å². The summed E-state index contributed by atoms with van der Waals surface area (Å²) in [6.07, 6.45) is 2.03. The average molecular weight is 334 g/mol. The lowest BCUT2D eigenvalue weighted by atomic mass is 9.98. The number of aryl methyl sites for hydroxylation is 2. The van der Waals surface area contributed by atoms with Crippen molar-refractivity contribution in [2.45, 2.75) is 26.7 Å². The van der Waals surface area contributed by atoms with Gasteiger partial charge in [0.15, 0.2) is 6.20 Å². The fraction of sp³-hybridized carbons (Fsp3) is 0.227. The van der Waals surface area contributed by atoms with Gasteiger partial charge in [0.05, 0.1) is 5.56 Å². The number of aromatic nitrogens is 1. The Kier molecular flexibility index (Phi) is 3.60. The zero-order chi connectivity index (χ0) is 17.7. The quantitative estimate of drug-likeness (QED) is 0.433. The van der Waals surface area contributed by atoms with Crippen LogP contribution in [0.3, 0.4) is 0 Å². The fourth-order valence-electron chi connectivity index (χ4n) is 3.61. The molecule has 0 spiro atoms. The van der Waals surface area contributed by atoms with Gasteiger partial charge in [0.1, 0.15) is 24.0 Å². The van der Waals surface area contributed by atoms with Crippen molar-refractivity contribution in [3.8, 4) is 11.3 Å². The van der Waals surface area contributed by atoms with Crippen molar-refractivity contribution in [3.63, 3.8) is 0 Å². The van der Waals surface area contributed by atoms with E-state index in [0.717, 1.165) is 27.6 Å². The summed E-state index contributed by atoms with van der Waals surface area (Å²) < 4.78 is 22.5. The molecule has 0 aliphatic heterocycles. The molecule has 2 aromatic heterocycles. The Balaban J connectivity index is 2.06. The molecule has 2 nitrogen and oxygen atoms in total. The first-order valence-corrected chi connectivity index (χ1v) is 8.57. The fourth-order valence-corrected chi connectivity index (χ4v) is 3.61. The molecular weight excluding hydrogens is 313 g/mol. The summed E-state index contributed by atoms with van der Waals surface area (Å²) in [6, 6.07) is 13.7. The third-order valence-corrected chi connectivity index (χ3v) is 4.88. The van der Waals surface area contributed by atoms with Crippen LogP contribution in [0.1, 0.15) is 30.9 Å². The minimum atomic E-state index is -0.201. The van der Waals surface area contributed by atoms with Crippen LogP contribution in [0.2, 0.25) is 0 Å². The molecule has 0 aliphatic carbocycles. The van der Waals surface area contributed by atoms with E-state index in [9.17, 15) is 4.39 Å². The summed E-state index contributed by atoms with van der Waals surface area (Å²) in [4.78, 5) is 0. The number of rotatable bonds is 2. The molecule has 0 saturated carbocycles. The van der Waals surface area contributed by atoms with Gasteiger partial charge < -0.3 is 4.42 Å². The highest BCUT2D eigenvalue weighted by atomic mass is 19.1. The number of hydrogen-bond acceptors (Lipinski definition) is 1. The van der Waals surface area contributed by atoms with Crippen molar-refractivity contribution >= 4 is 21.9 Å². The minimum Gasteiger partial charge on any atom is -0.456 e. The van der Waals surface area contributed by atoms with E-state index in [0.29, 0.717) is 11.1 Å². The Morgan fingerprint density at radius 3 is 2.56 bits per heavy atom. The molecule has 0 atom stereocenters. The maximum atomic E-state index is 14.3. The molecule has 0 saturated heterocycles. The van der Waals surface area contributed by atoms with E-state index < -0.39 is 0 Å². The van der Waals surface area contributed by atoms with Gasteiger partial charge >= 0.3 is 0 Å². The van der Waals surface area contributed by atoms with Gasteiger partial charge in [-0.1, -0.05) is 13.8 Å². The SMILES string of the molecule is Cc1cc2c(cc1-c1cccc[n+]1C)oc1c(C(C)C)c(F)ccc12. The smallest absolute Gasteiger partial charge is 0.212 e. The lowest BCUT2D eigenvalue weighted by molar-refractivity contribution is -0.660. The monoisotopic (exact) mass is 334 g/mol. The summed E-state index contributed by atoms with van der Waals surface area (Å²) in [6.45, 7) is 6.09. The Bertz CT molecular complexity index is 1110. The standard InChI is InChI=1S/C22H21FNO/c1-13(2)21-18(23)9-8-15-17-11-14(3)16(12-20(17)25-22(15)21)19-7-5-6-10-24(19)4/h5-13H,1-4H3/q+1. The summed E-state index contributed by atoms with van der Waals surface area (Å²) >= 11 is 0. The predicted octanol–water partition coefficient (Wildman–Crippen LogP) is 5.65. The molecule has 0 N–H and O–H groups in total. The number of furan rings is 1. The Labute approximate surface area is 146 Å². The highest BCUT2D eigenvalue weighted by molar-refractivity contribution is 6.07. The third kappa shape index (κ3) is 2.42. The average Bonchev–Trinajstić information content (AvgIpc) is 2.91. The van der Waals surface area contributed by atoms with Crippen molar-refractivity contribution in [1.82, 2.24) is 0 Å². The van der Waals surface area contributed by atoms with Crippen molar-refractivity contribution in [2.24, 2.45) is 7.05 Å². The van der Waals surface area contributed by atoms with E-state index in [1.165, 1.54) is 5.56 Å². The molecule has 0 unspecified atom stereocenters. The van der Waals surface area contributed by atoms with Crippen LogP contribution in [0.4, 0.5) is 4.39 Å². The van der Waals surface area contributed by atoms with E-state index in [1.807, 2.05) is 45.3 Å². The highest BCUT2D eigenvalue weighted by Gasteiger charge is 2.20. The molecule has 4 rings (SSSR count). The van der Waals surface area contributed by atoms with Crippen LogP contribution in [0.15, 0.2) is 53.1 Å². The normalized spacial score (nSPS) is 11.8. The number of benzene rings is 2. The van der Waals surface area contributed by atoms with Gasteiger partial charge in [-0.05, 0) is 48.7 Å². The Morgan fingerprint density at radius 1 is 1.04 bits per heavy atom. The number of hydrogen-bond donors (Lipinski definition) is 0. The molecule has 4 aromatic rings. The van der Waals surface area contributed by atoms with E-state index in [4.69, 9.17) is 4.42 Å². The van der Waals surface area contributed by atoms with Crippen molar-refractivity contribution < 1.29 is 13.4 Å². The van der Waals surface area contributed by atoms with Crippen molar-refractivity contribution in [3.05, 3.63) is 65.6 Å². The summed E-state index contributed by atoms with van der Waals surface area (Å²) in [7, 11) is 2.03. The lowest BCUT2D eigenvalue weighted by Gasteiger charge is -2.06. The minimum absolute atomic E-state index is 0.0664. The summed E-state index contributed by atoms with van der Waals surface area (Å²) in [5, 5.41) is 2.02. The molecular formula is C22H21FNO+. The second kappa shape index (κ2) is 5.69. The zero-order valence-corrected chi connectivity index (χ0v) is 14.9. The largest absolute Gasteiger partial charge is 0.456 e. The Morgan fingerprint density at radius 2 is 1.84 bits per heavy atom. The number of halogens is 1. The van der Waals surface area contributed by atoms with Gasteiger partial charge in [-0.15, -0.1) is 0 Å². The molecule has 2 aromatic carbocycles. The van der Waals surface area contributed by atoms with Gasteiger partial charge in [-0.3, -0.25) is 0 Å². The van der Waals surface area contributed by atoms with Crippen molar-refractivity contribution in [2.75, 3.05) is 0 Å². The Hall–Kier alpha value is -2.68.